The Hall–Kier alpha value is -1.45. The highest BCUT2D eigenvalue weighted by atomic mass is 32.1. The maximum Gasteiger partial charge on any atom is 0.126 e. The Bertz CT molecular complexity index is 995. The lowest BCUT2D eigenvalue weighted by molar-refractivity contribution is 0.522. The van der Waals surface area contributed by atoms with Crippen molar-refractivity contribution in [3.05, 3.63) is 78.4 Å². The van der Waals surface area contributed by atoms with Gasteiger partial charge in [0.1, 0.15) is 5.82 Å². The maximum atomic E-state index is 13.3. The van der Waals surface area contributed by atoms with Gasteiger partial charge in [-0.15, -0.1) is 22.7 Å². The van der Waals surface area contributed by atoms with Gasteiger partial charge in [0.05, 0.1) is 0 Å². The number of halogens is 1. The van der Waals surface area contributed by atoms with E-state index in [9.17, 15) is 4.39 Å². The van der Waals surface area contributed by atoms with Gasteiger partial charge in [0, 0.05) is 14.6 Å². The van der Waals surface area contributed by atoms with Gasteiger partial charge in [-0.1, -0.05) is 80.0 Å². The van der Waals surface area contributed by atoms with Crippen molar-refractivity contribution >= 4 is 22.7 Å². The third-order valence-electron chi connectivity index (χ3n) is 5.30. The molecule has 0 bridgehead atoms. The predicted octanol–water partition coefficient (Wildman–Crippen LogP) is 10.4. The summed E-state index contributed by atoms with van der Waals surface area (Å²) in [5.74, 6) is -0.104. The summed E-state index contributed by atoms with van der Waals surface area (Å²) < 4.78 is 13.3. The highest BCUT2D eigenvalue weighted by Crippen LogP contribution is 2.31. The Balaban J connectivity index is 0.000000249. The van der Waals surface area contributed by atoms with Crippen LogP contribution in [-0.2, 0) is 16.2 Å². The highest BCUT2D eigenvalue weighted by molar-refractivity contribution is 7.12. The van der Waals surface area contributed by atoms with Crippen LogP contribution < -0.4 is 0 Å². The molecule has 0 aliphatic carbocycles. The van der Waals surface area contributed by atoms with Crippen LogP contribution in [0, 0.1) is 33.5 Å². The normalized spacial score (nSPS) is 11.9. The fourth-order valence-corrected chi connectivity index (χ4v) is 5.06. The quantitative estimate of drug-likeness (QED) is 0.295. The topological polar surface area (TPSA) is 0 Å². The summed E-state index contributed by atoms with van der Waals surface area (Å²) in [4.78, 5) is 4.42. The molecule has 1 aromatic carbocycles. The predicted molar refractivity (Wildman–Crippen MR) is 150 cm³/mol. The van der Waals surface area contributed by atoms with Crippen molar-refractivity contribution in [1.82, 2.24) is 0 Å². The van der Waals surface area contributed by atoms with E-state index >= 15 is 0 Å². The first-order valence-corrected chi connectivity index (χ1v) is 13.4. The summed E-state index contributed by atoms with van der Waals surface area (Å²) in [5.41, 5.74) is 5.28. The van der Waals surface area contributed by atoms with E-state index in [-0.39, 0.29) is 11.2 Å². The fourth-order valence-electron chi connectivity index (χ4n) is 2.98. The highest BCUT2D eigenvalue weighted by Gasteiger charge is 2.18. The smallest absolute Gasteiger partial charge is 0.126 e. The molecule has 0 unspecified atom stereocenters. The molecule has 0 spiro atoms. The van der Waals surface area contributed by atoms with Gasteiger partial charge in [-0.05, 0) is 84.2 Å². The molecule has 184 valence electrons. The first-order chi connectivity index (χ1) is 14.8. The van der Waals surface area contributed by atoms with Crippen molar-refractivity contribution in [2.24, 2.45) is 0 Å². The lowest BCUT2D eigenvalue weighted by Crippen LogP contribution is -2.13. The van der Waals surface area contributed by atoms with Crippen LogP contribution in [0.2, 0.25) is 0 Å². The Morgan fingerprint density at radius 1 is 0.636 bits per heavy atom. The van der Waals surface area contributed by atoms with Gasteiger partial charge in [-0.3, -0.25) is 0 Å². The van der Waals surface area contributed by atoms with Gasteiger partial charge in [0.25, 0.3) is 0 Å². The molecule has 33 heavy (non-hydrogen) atoms. The van der Waals surface area contributed by atoms with Crippen LogP contribution in [0.25, 0.3) is 0 Å². The van der Waals surface area contributed by atoms with Crippen molar-refractivity contribution in [2.75, 3.05) is 0 Å². The summed E-state index contributed by atoms with van der Waals surface area (Å²) in [6.07, 6.45) is 0. The van der Waals surface area contributed by atoms with Crippen LogP contribution in [0.5, 0.6) is 0 Å². The van der Waals surface area contributed by atoms with Crippen LogP contribution in [0.15, 0.2) is 35.7 Å². The molecule has 0 radical (unpaired) electrons. The molecule has 0 amide bonds. The molecule has 0 N–H and O–H groups in total. The molecular weight excluding hydrogens is 443 g/mol. The Morgan fingerprint density at radius 3 is 1.45 bits per heavy atom. The summed E-state index contributed by atoms with van der Waals surface area (Å²) >= 11 is 3.78. The maximum absolute atomic E-state index is 13.3. The molecule has 0 saturated heterocycles. The molecule has 0 saturated carbocycles. The summed E-state index contributed by atoms with van der Waals surface area (Å²) in [6.45, 7) is 28.1. The summed E-state index contributed by atoms with van der Waals surface area (Å²) in [5, 5.41) is 2.21. The average Bonchev–Trinajstić information content (AvgIpc) is 3.23. The molecule has 2 aromatic heterocycles. The van der Waals surface area contributed by atoms with Crippen molar-refractivity contribution < 1.29 is 4.39 Å². The van der Waals surface area contributed by atoms with Crippen molar-refractivity contribution in [2.45, 2.75) is 106 Å². The fraction of sp³-hybridized carbons (Fsp3) is 0.533. The zero-order chi connectivity index (χ0) is 25.8. The van der Waals surface area contributed by atoms with Crippen molar-refractivity contribution in [3.8, 4) is 0 Å². The SMILES string of the molecule is Cc1cc(C(C)(C)C)sc1C.Cc1ccc(F)c(C(C)(C)C)c1.Cc1csc(C(C)(C)C)c1. The van der Waals surface area contributed by atoms with E-state index in [0.29, 0.717) is 10.8 Å². The molecule has 3 heteroatoms. The van der Waals surface area contributed by atoms with Gasteiger partial charge < -0.3 is 0 Å². The minimum Gasteiger partial charge on any atom is -0.207 e. The van der Waals surface area contributed by atoms with E-state index in [1.165, 1.54) is 31.8 Å². The number of aryl methyl sites for hydroxylation is 4. The molecule has 2 heterocycles. The lowest BCUT2D eigenvalue weighted by atomic mass is 9.86. The first-order valence-electron chi connectivity index (χ1n) is 11.7. The van der Waals surface area contributed by atoms with Crippen LogP contribution in [0.1, 0.15) is 99.2 Å². The van der Waals surface area contributed by atoms with E-state index in [1.54, 1.807) is 6.07 Å². The number of thiophene rings is 2. The van der Waals surface area contributed by atoms with E-state index in [4.69, 9.17) is 0 Å². The number of benzene rings is 1. The van der Waals surface area contributed by atoms with E-state index < -0.39 is 0 Å². The third kappa shape index (κ3) is 9.74. The second-order valence-electron chi connectivity index (χ2n) is 12.1. The second-order valence-corrected chi connectivity index (χ2v) is 14.2. The van der Waals surface area contributed by atoms with Crippen molar-refractivity contribution in [1.29, 1.82) is 0 Å². The monoisotopic (exact) mass is 488 g/mol. The molecule has 0 nitrogen and oxygen atoms in total. The molecule has 0 fully saturated rings. The molecule has 0 atom stereocenters. The zero-order valence-corrected chi connectivity index (χ0v) is 24.8. The minimum absolute atomic E-state index is 0.101. The van der Waals surface area contributed by atoms with Gasteiger partial charge in [0.2, 0.25) is 0 Å². The molecule has 3 aromatic rings. The molecule has 0 aliphatic rings. The van der Waals surface area contributed by atoms with E-state index in [1.807, 2.05) is 56.4 Å². The van der Waals surface area contributed by atoms with Crippen LogP contribution in [0.3, 0.4) is 0 Å². The summed E-state index contributed by atoms with van der Waals surface area (Å²) in [6, 6.07) is 9.82. The first kappa shape index (κ1) is 29.6. The summed E-state index contributed by atoms with van der Waals surface area (Å²) in [7, 11) is 0. The Morgan fingerprint density at radius 2 is 1.18 bits per heavy atom. The van der Waals surface area contributed by atoms with Gasteiger partial charge >= 0.3 is 0 Å². The minimum atomic E-state index is -0.104. The van der Waals surface area contributed by atoms with Crippen LogP contribution >= 0.6 is 22.7 Å². The van der Waals surface area contributed by atoms with Gasteiger partial charge in [0.15, 0.2) is 0 Å². The Kier molecular flexibility index (Phi) is 10.1. The molecular formula is C30H45FS2. The van der Waals surface area contributed by atoms with Crippen LogP contribution in [0.4, 0.5) is 4.39 Å². The standard InChI is InChI=1S/C11H15F.C10H16S.C9H14S/c1-8-5-6-10(12)9(7-8)11(2,3)4;1-7-6-9(10(3,4)5)11-8(7)2;1-7-5-8(10-6-7)9(2,3)4/h5-7H,1-4H3;6H,1-5H3;5-6H,1-4H3. The number of hydrogen-bond donors (Lipinski definition) is 0. The average molecular weight is 489 g/mol. The Labute approximate surface area is 211 Å². The van der Waals surface area contributed by atoms with E-state index in [0.717, 1.165) is 11.1 Å². The number of hydrogen-bond acceptors (Lipinski definition) is 2. The second kappa shape index (κ2) is 11.3. The van der Waals surface area contributed by atoms with Crippen LogP contribution in [-0.4, -0.2) is 0 Å². The third-order valence-corrected chi connectivity index (χ3v) is 8.36. The molecule has 3 rings (SSSR count). The lowest BCUT2D eigenvalue weighted by Gasteiger charge is -2.20. The molecule has 0 aliphatic heterocycles. The van der Waals surface area contributed by atoms with E-state index in [2.05, 4.69) is 79.8 Å². The van der Waals surface area contributed by atoms with Crippen molar-refractivity contribution in [3.63, 3.8) is 0 Å². The largest absolute Gasteiger partial charge is 0.207 e. The van der Waals surface area contributed by atoms with Gasteiger partial charge in [-0.2, -0.15) is 0 Å². The number of rotatable bonds is 0. The zero-order valence-electron chi connectivity index (χ0n) is 23.2. The van der Waals surface area contributed by atoms with Gasteiger partial charge in [-0.25, -0.2) is 4.39 Å².